The van der Waals surface area contributed by atoms with Crippen molar-refractivity contribution in [3.63, 3.8) is 0 Å². The molecule has 0 bridgehead atoms. The van der Waals surface area contributed by atoms with Crippen LogP contribution in [0.3, 0.4) is 0 Å². The maximum atomic E-state index is 10.4. The molecule has 5 aliphatic carbocycles. The molecule has 0 aromatic heterocycles. The van der Waals surface area contributed by atoms with Gasteiger partial charge in [-0.15, -0.1) is 12.0 Å². The molecule has 2 fully saturated rings. The molecular weight excluding hydrogens is 484 g/mol. The Balaban J connectivity index is 0.000000258. The van der Waals surface area contributed by atoms with E-state index >= 15 is 0 Å². The number of halogens is 1. The molecule has 0 aromatic rings. The number of hydrogen-bond donors (Lipinski definition) is 2. The Hall–Kier alpha value is -0.706. The van der Waals surface area contributed by atoms with E-state index < -0.39 is 11.9 Å². The van der Waals surface area contributed by atoms with Crippen molar-refractivity contribution in [3.8, 4) is 0 Å². The van der Waals surface area contributed by atoms with Gasteiger partial charge in [-0.25, -0.2) is 12.0 Å². The predicted molar refractivity (Wildman–Crippen MR) is 128 cm³/mol. The van der Waals surface area contributed by atoms with Crippen molar-refractivity contribution in [1.29, 1.82) is 0 Å². The zero-order chi connectivity index (χ0) is 22.9. The van der Waals surface area contributed by atoms with Crippen molar-refractivity contribution in [3.05, 3.63) is 28.7 Å². The van der Waals surface area contributed by atoms with Crippen LogP contribution in [0.5, 0.6) is 0 Å². The molecule has 1 unspecified atom stereocenters. The van der Waals surface area contributed by atoms with Crippen LogP contribution in [-0.4, -0.2) is 22.2 Å². The Morgan fingerprint density at radius 2 is 1.18 bits per heavy atom. The Labute approximate surface area is 227 Å². The molecule has 0 saturated heterocycles. The van der Waals surface area contributed by atoms with Gasteiger partial charge in [-0.2, -0.15) is 5.57 Å². The van der Waals surface area contributed by atoms with Crippen molar-refractivity contribution in [2.24, 2.45) is 17.8 Å². The van der Waals surface area contributed by atoms with Gasteiger partial charge in [0.25, 0.3) is 0 Å². The number of carboxylic acid groups (broad SMARTS) is 2. The Morgan fingerprint density at radius 1 is 0.706 bits per heavy atom. The molecule has 5 aliphatic rings. The molecule has 0 radical (unpaired) electrons. The first-order valence-corrected chi connectivity index (χ1v) is 13.2. The molecule has 0 amide bonds. The van der Waals surface area contributed by atoms with E-state index in [-0.39, 0.29) is 46.0 Å². The Kier molecular flexibility index (Phi) is 14.9. The minimum absolute atomic E-state index is 0. The third-order valence-corrected chi connectivity index (χ3v) is 8.12. The zero-order valence-electron chi connectivity index (χ0n) is 20.9. The van der Waals surface area contributed by atoms with Crippen molar-refractivity contribution < 1.29 is 53.9 Å². The SMILES string of the molecule is CC1C2=C(CCC[CH-]2)C2=C1CCCC2.O=C(O)C1CCCCC1.O=C(O)C1CCCCC1.[Cl-].[Ti+2]. The number of aliphatic carboxylic acids is 2. The van der Waals surface area contributed by atoms with E-state index in [1.807, 2.05) is 0 Å². The molecule has 1 atom stereocenters. The van der Waals surface area contributed by atoms with Gasteiger partial charge in [0, 0.05) is 0 Å². The molecule has 190 valence electrons. The normalized spacial score (nSPS) is 24.4. The van der Waals surface area contributed by atoms with Gasteiger partial charge >= 0.3 is 33.7 Å². The van der Waals surface area contributed by atoms with E-state index in [2.05, 4.69) is 13.3 Å². The molecule has 0 heterocycles. The summed E-state index contributed by atoms with van der Waals surface area (Å²) >= 11 is 0. The van der Waals surface area contributed by atoms with Crippen LogP contribution in [0, 0.1) is 24.2 Å². The van der Waals surface area contributed by atoms with Crippen LogP contribution < -0.4 is 12.4 Å². The minimum atomic E-state index is -0.602. The molecule has 34 heavy (non-hydrogen) atoms. The second-order valence-corrected chi connectivity index (χ2v) is 10.3. The molecule has 2 N–H and O–H groups in total. The molecule has 6 heteroatoms. The fraction of sp³-hybridized carbons (Fsp3) is 0.750. The number of allylic oxidation sites excluding steroid dienone is 4. The largest absolute Gasteiger partial charge is 2.00 e. The third kappa shape index (κ3) is 8.75. The topological polar surface area (TPSA) is 74.6 Å². The molecule has 0 spiro atoms. The molecule has 0 aromatic carbocycles. The maximum Gasteiger partial charge on any atom is 2.00 e. The van der Waals surface area contributed by atoms with Crippen molar-refractivity contribution in [2.75, 3.05) is 0 Å². The first kappa shape index (κ1) is 31.3. The number of hydrogen-bond acceptors (Lipinski definition) is 2. The van der Waals surface area contributed by atoms with Gasteiger partial charge in [0.15, 0.2) is 0 Å². The minimum Gasteiger partial charge on any atom is -1.00 e. The molecule has 5 rings (SSSR count). The number of carboxylic acids is 2. The van der Waals surface area contributed by atoms with Crippen LogP contribution in [0.15, 0.2) is 22.3 Å². The maximum absolute atomic E-state index is 10.4. The summed E-state index contributed by atoms with van der Waals surface area (Å²) in [4.78, 5) is 20.7. The Bertz CT molecular complexity index is 658. The van der Waals surface area contributed by atoms with Gasteiger partial charge in [-0.1, -0.05) is 70.3 Å². The van der Waals surface area contributed by atoms with Crippen molar-refractivity contribution in [2.45, 2.75) is 116 Å². The van der Waals surface area contributed by atoms with Crippen LogP contribution in [0.4, 0.5) is 0 Å². The quantitative estimate of drug-likeness (QED) is 0.410. The van der Waals surface area contributed by atoms with Gasteiger partial charge in [-0.3, -0.25) is 9.59 Å². The fourth-order valence-electron chi connectivity index (χ4n) is 6.21. The summed E-state index contributed by atoms with van der Waals surface area (Å²) in [6, 6.07) is 0. The second kappa shape index (κ2) is 16.1. The fourth-order valence-corrected chi connectivity index (χ4v) is 6.21. The summed E-state index contributed by atoms with van der Waals surface area (Å²) in [5.41, 5.74) is 7.07. The molecular formula is C28H43ClO4Ti. The number of fused-ring (bicyclic) bond motifs is 1. The molecule has 0 aliphatic heterocycles. The van der Waals surface area contributed by atoms with Crippen LogP contribution in [0.25, 0.3) is 0 Å². The van der Waals surface area contributed by atoms with Crippen LogP contribution in [0.2, 0.25) is 0 Å². The zero-order valence-corrected chi connectivity index (χ0v) is 23.2. The van der Waals surface area contributed by atoms with E-state index in [0.29, 0.717) is 0 Å². The van der Waals surface area contributed by atoms with Gasteiger partial charge in [0.1, 0.15) is 0 Å². The summed E-state index contributed by atoms with van der Waals surface area (Å²) < 4.78 is 0. The van der Waals surface area contributed by atoms with Gasteiger partial charge in [0.2, 0.25) is 0 Å². The standard InChI is InChI=1S/C14H19.2C7H12O2.ClH.Ti/c1-10-11-6-2-4-8-13(11)14-9-5-3-7-12(10)14;2*8-7(9)6-4-2-1-3-5-6;;/h6,10H,2-5,7-9H2,1H3;2*6H,1-5H2,(H,8,9);1H;/q-1;;;;+2/p-1. The summed E-state index contributed by atoms with van der Waals surface area (Å²) in [5, 5.41) is 17.1. The smallest absolute Gasteiger partial charge is 1.00 e. The monoisotopic (exact) mass is 526 g/mol. The average Bonchev–Trinajstić information content (AvgIpc) is 3.13. The first-order chi connectivity index (χ1) is 15.5. The van der Waals surface area contributed by atoms with Crippen LogP contribution in [-0.2, 0) is 31.3 Å². The molecule has 2 saturated carbocycles. The summed E-state index contributed by atoms with van der Waals surface area (Å²) in [5.74, 6) is -0.484. The van der Waals surface area contributed by atoms with Crippen LogP contribution >= 0.6 is 0 Å². The van der Waals surface area contributed by atoms with Crippen LogP contribution in [0.1, 0.15) is 116 Å². The van der Waals surface area contributed by atoms with Crippen molar-refractivity contribution in [1.82, 2.24) is 0 Å². The summed E-state index contributed by atoms with van der Waals surface area (Å²) in [6.07, 6.45) is 22.7. The predicted octanol–water partition coefficient (Wildman–Crippen LogP) is 4.50. The number of rotatable bonds is 2. The number of carbonyl (C=O) groups is 2. The first-order valence-electron chi connectivity index (χ1n) is 13.2. The van der Waals surface area contributed by atoms with E-state index in [0.717, 1.165) is 57.3 Å². The molecule has 4 nitrogen and oxygen atoms in total. The van der Waals surface area contributed by atoms with Gasteiger partial charge in [-0.05, 0) is 50.9 Å². The average molecular weight is 527 g/mol. The van der Waals surface area contributed by atoms with Gasteiger partial charge < -0.3 is 22.6 Å². The summed E-state index contributed by atoms with van der Waals surface area (Å²) in [7, 11) is 0. The van der Waals surface area contributed by atoms with E-state index in [9.17, 15) is 9.59 Å². The third-order valence-electron chi connectivity index (χ3n) is 8.12. The van der Waals surface area contributed by atoms with E-state index in [4.69, 9.17) is 10.2 Å². The summed E-state index contributed by atoms with van der Waals surface area (Å²) in [6.45, 7) is 2.42. The van der Waals surface area contributed by atoms with Gasteiger partial charge in [0.05, 0.1) is 11.8 Å². The second-order valence-electron chi connectivity index (χ2n) is 10.3. The van der Waals surface area contributed by atoms with Crippen molar-refractivity contribution >= 4 is 11.9 Å². The van der Waals surface area contributed by atoms with E-state index in [1.165, 1.54) is 57.8 Å². The van der Waals surface area contributed by atoms with E-state index in [1.54, 1.807) is 22.3 Å². The Morgan fingerprint density at radius 3 is 1.65 bits per heavy atom.